The second-order valence-corrected chi connectivity index (χ2v) is 7.85. The minimum absolute atomic E-state index is 0.120. The summed E-state index contributed by atoms with van der Waals surface area (Å²) in [5, 5.41) is 3.16. The molecule has 0 saturated heterocycles. The fourth-order valence-electron chi connectivity index (χ4n) is 2.37. The molecule has 0 unspecified atom stereocenters. The van der Waals surface area contributed by atoms with E-state index in [4.69, 9.17) is 21.1 Å². The Hall–Kier alpha value is -2.29. The first-order valence-electron chi connectivity index (χ1n) is 7.79. The molecule has 1 amide bonds. The third kappa shape index (κ3) is 4.87. The van der Waals surface area contributed by atoms with Gasteiger partial charge in [-0.05, 0) is 29.3 Å². The lowest BCUT2D eigenvalue weighted by Crippen LogP contribution is -2.37. The molecule has 2 aromatic carbocycles. The highest BCUT2D eigenvalue weighted by Gasteiger charge is 2.18. The largest absolute Gasteiger partial charge is 0.454 e. The summed E-state index contributed by atoms with van der Waals surface area (Å²) in [5.41, 5.74) is 1.30. The van der Waals surface area contributed by atoms with Crippen molar-refractivity contribution in [1.82, 2.24) is 10.0 Å². The van der Waals surface area contributed by atoms with Gasteiger partial charge in [0.2, 0.25) is 22.7 Å². The molecule has 9 heteroatoms. The molecule has 7 nitrogen and oxygen atoms in total. The maximum atomic E-state index is 12.1. The van der Waals surface area contributed by atoms with E-state index in [1.165, 1.54) is 0 Å². The van der Waals surface area contributed by atoms with Crippen molar-refractivity contribution in [2.75, 3.05) is 13.3 Å². The number of hydrogen-bond donors (Lipinski definition) is 2. The lowest BCUT2D eigenvalue weighted by atomic mass is 10.2. The highest BCUT2D eigenvalue weighted by Crippen LogP contribution is 2.32. The number of amides is 1. The number of benzene rings is 2. The van der Waals surface area contributed by atoms with Crippen LogP contribution in [0.3, 0.4) is 0 Å². The van der Waals surface area contributed by atoms with Crippen LogP contribution in [0.5, 0.6) is 11.5 Å². The number of fused-ring (bicyclic) bond motifs is 1. The molecule has 138 valence electrons. The molecule has 0 radical (unpaired) electrons. The smallest absolute Gasteiger partial charge is 0.235 e. The Labute approximate surface area is 156 Å². The molecule has 2 N–H and O–H groups in total. The van der Waals surface area contributed by atoms with Crippen molar-refractivity contribution in [3.8, 4) is 11.5 Å². The number of nitrogens with one attached hydrogen (secondary N) is 2. The summed E-state index contributed by atoms with van der Waals surface area (Å²) >= 11 is 6.01. The lowest BCUT2D eigenvalue weighted by Gasteiger charge is -2.09. The van der Waals surface area contributed by atoms with E-state index in [-0.39, 0.29) is 25.6 Å². The number of rotatable bonds is 7. The van der Waals surface area contributed by atoms with Crippen LogP contribution in [0.15, 0.2) is 42.5 Å². The Bertz CT molecular complexity index is 917. The van der Waals surface area contributed by atoms with Crippen molar-refractivity contribution in [1.29, 1.82) is 0 Å². The average Bonchev–Trinajstić information content (AvgIpc) is 3.07. The van der Waals surface area contributed by atoms with Crippen molar-refractivity contribution >= 4 is 27.5 Å². The minimum Gasteiger partial charge on any atom is -0.454 e. The first-order chi connectivity index (χ1) is 12.4. The van der Waals surface area contributed by atoms with Gasteiger partial charge < -0.3 is 14.8 Å². The molecule has 0 spiro atoms. The van der Waals surface area contributed by atoms with Crippen LogP contribution < -0.4 is 19.5 Å². The van der Waals surface area contributed by atoms with Crippen molar-refractivity contribution in [3.63, 3.8) is 0 Å². The summed E-state index contributed by atoms with van der Waals surface area (Å²) in [6.45, 7) is -0.00484. The lowest BCUT2D eigenvalue weighted by molar-refractivity contribution is -0.120. The molecule has 0 atom stereocenters. The van der Waals surface area contributed by atoms with E-state index in [0.717, 1.165) is 5.56 Å². The standard InChI is InChI=1S/C17H17ClN2O5S/c18-14-4-2-1-3-13(14)8-19-17(21)9-20-26(22,23)10-12-5-6-15-16(7-12)25-11-24-15/h1-7,20H,8-11H2,(H,19,21). The van der Waals surface area contributed by atoms with Crippen LogP contribution >= 0.6 is 11.6 Å². The SMILES string of the molecule is O=C(CNS(=O)(=O)Cc1ccc2c(c1)OCO2)NCc1ccccc1Cl. The van der Waals surface area contributed by atoms with Gasteiger partial charge in [0.05, 0.1) is 12.3 Å². The van der Waals surface area contributed by atoms with Gasteiger partial charge in [-0.3, -0.25) is 4.79 Å². The van der Waals surface area contributed by atoms with Gasteiger partial charge in [-0.2, -0.15) is 0 Å². The van der Waals surface area contributed by atoms with Crippen LogP contribution in [0.4, 0.5) is 0 Å². The van der Waals surface area contributed by atoms with Crippen LogP contribution in [0.1, 0.15) is 11.1 Å². The fourth-order valence-corrected chi connectivity index (χ4v) is 3.65. The zero-order chi connectivity index (χ0) is 18.6. The zero-order valence-corrected chi connectivity index (χ0v) is 15.3. The van der Waals surface area contributed by atoms with Crippen molar-refractivity contribution < 1.29 is 22.7 Å². The van der Waals surface area contributed by atoms with Gasteiger partial charge in [-0.15, -0.1) is 0 Å². The number of ether oxygens (including phenoxy) is 2. The van der Waals surface area contributed by atoms with Crippen LogP contribution in [-0.2, 0) is 27.1 Å². The highest BCUT2D eigenvalue weighted by atomic mass is 35.5. The van der Waals surface area contributed by atoms with Gasteiger partial charge in [0, 0.05) is 11.6 Å². The number of sulfonamides is 1. The number of carbonyl (C=O) groups is 1. The Kier molecular flexibility index (Phi) is 5.65. The fraction of sp³-hybridized carbons (Fsp3) is 0.235. The summed E-state index contributed by atoms with van der Waals surface area (Å²) in [6, 6.07) is 12.0. The monoisotopic (exact) mass is 396 g/mol. The summed E-state index contributed by atoms with van der Waals surface area (Å²) in [4.78, 5) is 11.9. The quantitative estimate of drug-likeness (QED) is 0.744. The van der Waals surface area contributed by atoms with E-state index < -0.39 is 15.9 Å². The third-order valence-corrected chi connectivity index (χ3v) is 5.35. The molecule has 3 rings (SSSR count). The predicted molar refractivity (Wildman–Crippen MR) is 96.5 cm³/mol. The number of halogens is 1. The van der Waals surface area contributed by atoms with Gasteiger partial charge in [0.25, 0.3) is 0 Å². The van der Waals surface area contributed by atoms with Crippen LogP contribution in [0.2, 0.25) is 5.02 Å². The molecule has 26 heavy (non-hydrogen) atoms. The van der Waals surface area contributed by atoms with Gasteiger partial charge in [0.1, 0.15) is 0 Å². The van der Waals surface area contributed by atoms with E-state index in [0.29, 0.717) is 22.1 Å². The first kappa shape index (κ1) is 18.5. The molecule has 1 aliphatic rings. The van der Waals surface area contributed by atoms with Crippen LogP contribution in [0, 0.1) is 0 Å². The molecular formula is C17H17ClN2O5S. The van der Waals surface area contributed by atoms with Gasteiger partial charge in [0.15, 0.2) is 11.5 Å². The van der Waals surface area contributed by atoms with E-state index in [1.54, 1.807) is 42.5 Å². The Morgan fingerprint density at radius 1 is 1.12 bits per heavy atom. The van der Waals surface area contributed by atoms with E-state index >= 15 is 0 Å². The second kappa shape index (κ2) is 7.94. The average molecular weight is 397 g/mol. The highest BCUT2D eigenvalue weighted by molar-refractivity contribution is 7.88. The first-order valence-corrected chi connectivity index (χ1v) is 9.82. The van der Waals surface area contributed by atoms with E-state index in [2.05, 4.69) is 10.0 Å². The summed E-state index contributed by atoms with van der Waals surface area (Å²) < 4.78 is 37.0. The Balaban J connectivity index is 1.50. The Morgan fingerprint density at radius 3 is 2.69 bits per heavy atom. The van der Waals surface area contributed by atoms with E-state index in [1.807, 2.05) is 0 Å². The molecule has 0 fully saturated rings. The molecule has 1 heterocycles. The minimum atomic E-state index is -3.67. The summed E-state index contributed by atoms with van der Waals surface area (Å²) in [5.74, 6) is 0.383. The summed E-state index contributed by atoms with van der Waals surface area (Å²) in [7, 11) is -3.67. The van der Waals surface area contributed by atoms with Gasteiger partial charge >= 0.3 is 0 Å². The maximum Gasteiger partial charge on any atom is 0.235 e. The molecule has 0 bridgehead atoms. The predicted octanol–water partition coefficient (Wildman–Crippen LogP) is 1.80. The van der Waals surface area contributed by atoms with Crippen molar-refractivity contribution in [3.05, 3.63) is 58.6 Å². The van der Waals surface area contributed by atoms with Crippen molar-refractivity contribution in [2.45, 2.75) is 12.3 Å². The van der Waals surface area contributed by atoms with E-state index in [9.17, 15) is 13.2 Å². The second-order valence-electron chi connectivity index (χ2n) is 5.64. The van der Waals surface area contributed by atoms with Gasteiger partial charge in [-0.1, -0.05) is 35.9 Å². The van der Waals surface area contributed by atoms with Crippen molar-refractivity contribution in [2.24, 2.45) is 0 Å². The van der Waals surface area contributed by atoms with Crippen LogP contribution in [-0.4, -0.2) is 27.7 Å². The summed E-state index contributed by atoms with van der Waals surface area (Å²) in [6.07, 6.45) is 0. The molecule has 0 aromatic heterocycles. The molecule has 2 aromatic rings. The topological polar surface area (TPSA) is 93.7 Å². The zero-order valence-electron chi connectivity index (χ0n) is 13.7. The van der Waals surface area contributed by atoms with Gasteiger partial charge in [-0.25, -0.2) is 13.1 Å². The Morgan fingerprint density at radius 2 is 1.88 bits per heavy atom. The number of carbonyl (C=O) groups excluding carboxylic acids is 1. The normalized spacial score (nSPS) is 12.8. The molecular weight excluding hydrogens is 380 g/mol. The molecule has 0 saturated carbocycles. The molecule has 0 aliphatic carbocycles. The third-order valence-electron chi connectivity index (χ3n) is 3.68. The maximum absolute atomic E-state index is 12.1. The van der Waals surface area contributed by atoms with Crippen LogP contribution in [0.25, 0.3) is 0 Å². The molecule has 1 aliphatic heterocycles. The number of hydrogen-bond acceptors (Lipinski definition) is 5.